The Labute approximate surface area is 144 Å². The van der Waals surface area contributed by atoms with E-state index < -0.39 is 11.6 Å². The Morgan fingerprint density at radius 1 is 1.32 bits per heavy atom. The van der Waals surface area contributed by atoms with Gasteiger partial charge in [-0.2, -0.15) is 5.26 Å². The molecule has 3 rings (SSSR count). The van der Waals surface area contributed by atoms with Gasteiger partial charge in [-0.05, 0) is 44.2 Å². The van der Waals surface area contributed by atoms with Crippen LogP contribution in [0.3, 0.4) is 0 Å². The van der Waals surface area contributed by atoms with E-state index in [0.717, 1.165) is 4.90 Å². The highest BCUT2D eigenvalue weighted by Gasteiger charge is 2.50. The van der Waals surface area contributed by atoms with E-state index in [1.54, 1.807) is 50.2 Å². The van der Waals surface area contributed by atoms with Gasteiger partial charge in [-0.25, -0.2) is 4.79 Å². The normalized spacial score (nSPS) is 19.6. The maximum atomic E-state index is 12.7. The molecule has 1 aliphatic rings. The first kappa shape index (κ1) is 16.6. The van der Waals surface area contributed by atoms with Crippen LogP contribution in [0.2, 0.25) is 0 Å². The van der Waals surface area contributed by atoms with Gasteiger partial charge in [0.15, 0.2) is 5.54 Å². The maximum absolute atomic E-state index is 12.7. The van der Waals surface area contributed by atoms with Crippen molar-refractivity contribution in [3.63, 3.8) is 0 Å². The van der Waals surface area contributed by atoms with Crippen molar-refractivity contribution in [3.05, 3.63) is 53.5 Å². The third-order valence-corrected chi connectivity index (χ3v) is 4.05. The number of rotatable bonds is 5. The largest absolute Gasteiger partial charge is 0.492 e. The topological polar surface area (TPSA) is 95.6 Å². The predicted octanol–water partition coefficient (Wildman–Crippen LogP) is 2.31. The molecule has 1 aromatic heterocycles. The predicted molar refractivity (Wildman–Crippen MR) is 87.7 cm³/mol. The number of hydrogen-bond donors (Lipinski definition) is 1. The van der Waals surface area contributed by atoms with E-state index in [0.29, 0.717) is 22.8 Å². The summed E-state index contributed by atoms with van der Waals surface area (Å²) in [7, 11) is 0. The first-order valence-electron chi connectivity index (χ1n) is 7.78. The molecule has 1 aromatic carbocycles. The molecule has 1 N–H and O–H groups in total. The van der Waals surface area contributed by atoms with E-state index in [4.69, 9.17) is 14.4 Å². The van der Waals surface area contributed by atoms with Crippen LogP contribution >= 0.6 is 0 Å². The van der Waals surface area contributed by atoms with Crippen LogP contribution in [0.1, 0.15) is 24.0 Å². The minimum absolute atomic E-state index is 0.0940. The number of furan rings is 1. The summed E-state index contributed by atoms with van der Waals surface area (Å²) in [6, 6.07) is 11.6. The lowest BCUT2D eigenvalue weighted by Gasteiger charge is -2.19. The summed E-state index contributed by atoms with van der Waals surface area (Å²) < 4.78 is 11.0. The van der Waals surface area contributed by atoms with Gasteiger partial charge in [-0.15, -0.1) is 0 Å². The highest BCUT2D eigenvalue weighted by atomic mass is 16.5. The molecular weight excluding hydrogens is 322 g/mol. The fourth-order valence-corrected chi connectivity index (χ4v) is 2.68. The first-order chi connectivity index (χ1) is 11.9. The molecule has 25 heavy (non-hydrogen) atoms. The Hall–Kier alpha value is -3.27. The summed E-state index contributed by atoms with van der Waals surface area (Å²) in [6.45, 7) is 3.61. The Morgan fingerprint density at radius 2 is 2.12 bits per heavy atom. The lowest BCUT2D eigenvalue weighted by atomic mass is 9.99. The molecule has 0 aliphatic carbocycles. The third kappa shape index (κ3) is 3.06. The average Bonchev–Trinajstić information content (AvgIpc) is 3.13. The van der Waals surface area contributed by atoms with Gasteiger partial charge in [-0.3, -0.25) is 9.69 Å². The van der Waals surface area contributed by atoms with Crippen LogP contribution in [0.15, 0.2) is 40.8 Å². The molecule has 2 aromatic rings. The van der Waals surface area contributed by atoms with Crippen molar-refractivity contribution in [3.8, 4) is 11.8 Å². The smallest absolute Gasteiger partial charge is 0.325 e. The molecule has 128 valence electrons. The number of carbonyl (C=O) groups is 2. The van der Waals surface area contributed by atoms with E-state index >= 15 is 0 Å². The molecule has 0 spiro atoms. The monoisotopic (exact) mass is 339 g/mol. The molecule has 2 heterocycles. The van der Waals surface area contributed by atoms with Crippen LogP contribution in [-0.2, 0) is 10.3 Å². The van der Waals surface area contributed by atoms with Crippen molar-refractivity contribution in [2.45, 2.75) is 19.4 Å². The number of carbonyl (C=O) groups excluding carboxylic acids is 2. The minimum atomic E-state index is -1.22. The number of nitrogens with zero attached hydrogens (tertiary/aromatic N) is 2. The first-order valence-corrected chi connectivity index (χ1v) is 7.78. The summed E-state index contributed by atoms with van der Waals surface area (Å²) in [6.07, 6.45) is 0. The Kier molecular flexibility index (Phi) is 4.19. The van der Waals surface area contributed by atoms with Gasteiger partial charge >= 0.3 is 6.03 Å². The number of hydrogen-bond acceptors (Lipinski definition) is 5. The molecule has 1 saturated heterocycles. The molecule has 0 bridgehead atoms. The Morgan fingerprint density at radius 3 is 2.80 bits per heavy atom. The van der Waals surface area contributed by atoms with Crippen molar-refractivity contribution in [2.75, 3.05) is 13.2 Å². The van der Waals surface area contributed by atoms with Gasteiger partial charge in [0.25, 0.3) is 5.91 Å². The molecule has 0 radical (unpaired) electrons. The number of aryl methyl sites for hydroxylation is 1. The van der Waals surface area contributed by atoms with E-state index in [1.807, 2.05) is 6.07 Å². The molecule has 7 nitrogen and oxygen atoms in total. The van der Waals surface area contributed by atoms with Gasteiger partial charge in [0.2, 0.25) is 0 Å². The van der Waals surface area contributed by atoms with Gasteiger partial charge < -0.3 is 14.5 Å². The zero-order valence-corrected chi connectivity index (χ0v) is 13.9. The number of amides is 3. The van der Waals surface area contributed by atoms with Crippen molar-refractivity contribution in [2.24, 2.45) is 0 Å². The lowest BCUT2D eigenvalue weighted by molar-refractivity contribution is -0.131. The number of nitriles is 1. The molecule has 1 aliphatic heterocycles. The fraction of sp³-hybridized carbons (Fsp3) is 0.278. The second-order valence-electron chi connectivity index (χ2n) is 5.91. The fourth-order valence-electron chi connectivity index (χ4n) is 2.68. The molecule has 1 atom stereocenters. The second kappa shape index (κ2) is 6.32. The molecule has 3 amide bonds. The average molecular weight is 339 g/mol. The summed E-state index contributed by atoms with van der Waals surface area (Å²) in [5.41, 5.74) is -0.736. The Bertz CT molecular complexity index is 867. The standard InChI is InChI=1S/C18H17N3O4/c1-12-6-7-15(25-12)18(2)16(22)21(17(23)20-18)8-9-24-14-5-3-4-13(10-14)11-19/h3-7,10H,8-9H2,1-2H3,(H,20,23). The number of nitrogens with one attached hydrogen (secondary N) is 1. The van der Waals surface area contributed by atoms with Crippen LogP contribution in [0.5, 0.6) is 5.75 Å². The minimum Gasteiger partial charge on any atom is -0.492 e. The Balaban J connectivity index is 1.66. The van der Waals surface area contributed by atoms with E-state index in [9.17, 15) is 9.59 Å². The van der Waals surface area contributed by atoms with Gasteiger partial charge in [0.1, 0.15) is 23.9 Å². The van der Waals surface area contributed by atoms with Crippen LogP contribution in [0, 0.1) is 18.3 Å². The molecule has 0 saturated carbocycles. The molecule has 1 fully saturated rings. The van der Waals surface area contributed by atoms with Crippen molar-refractivity contribution >= 4 is 11.9 Å². The van der Waals surface area contributed by atoms with E-state index in [1.165, 1.54) is 0 Å². The lowest BCUT2D eigenvalue weighted by Crippen LogP contribution is -2.41. The SMILES string of the molecule is Cc1ccc(C2(C)NC(=O)N(CCOc3cccc(C#N)c3)C2=O)o1. The van der Waals surface area contributed by atoms with Crippen LogP contribution in [0.25, 0.3) is 0 Å². The summed E-state index contributed by atoms with van der Waals surface area (Å²) in [5, 5.41) is 11.5. The maximum Gasteiger partial charge on any atom is 0.325 e. The highest BCUT2D eigenvalue weighted by molar-refractivity contribution is 6.06. The second-order valence-corrected chi connectivity index (χ2v) is 5.91. The summed E-state index contributed by atoms with van der Waals surface area (Å²) in [5.74, 6) is 1.18. The summed E-state index contributed by atoms with van der Waals surface area (Å²) >= 11 is 0. The number of benzene rings is 1. The van der Waals surface area contributed by atoms with Crippen molar-refractivity contribution in [1.82, 2.24) is 10.2 Å². The van der Waals surface area contributed by atoms with Gasteiger partial charge in [0.05, 0.1) is 18.2 Å². The molecule has 7 heteroatoms. The van der Waals surface area contributed by atoms with Crippen molar-refractivity contribution < 1.29 is 18.7 Å². The zero-order valence-electron chi connectivity index (χ0n) is 13.9. The van der Waals surface area contributed by atoms with Crippen molar-refractivity contribution in [1.29, 1.82) is 5.26 Å². The highest BCUT2D eigenvalue weighted by Crippen LogP contribution is 2.30. The van der Waals surface area contributed by atoms with Crippen LogP contribution < -0.4 is 10.1 Å². The quantitative estimate of drug-likeness (QED) is 0.843. The van der Waals surface area contributed by atoms with E-state index in [2.05, 4.69) is 5.32 Å². The summed E-state index contributed by atoms with van der Waals surface area (Å²) in [4.78, 5) is 26.0. The van der Waals surface area contributed by atoms with Crippen LogP contribution in [-0.4, -0.2) is 30.0 Å². The zero-order chi connectivity index (χ0) is 18.0. The van der Waals surface area contributed by atoms with Gasteiger partial charge in [-0.1, -0.05) is 6.07 Å². The van der Waals surface area contributed by atoms with Gasteiger partial charge in [0, 0.05) is 0 Å². The number of imide groups is 1. The van der Waals surface area contributed by atoms with Crippen LogP contribution in [0.4, 0.5) is 4.79 Å². The third-order valence-electron chi connectivity index (χ3n) is 4.05. The van der Waals surface area contributed by atoms with E-state index in [-0.39, 0.29) is 19.1 Å². The number of ether oxygens (including phenoxy) is 1. The number of urea groups is 1. The molecule has 1 unspecified atom stereocenters. The molecular formula is C18H17N3O4.